The van der Waals surface area contributed by atoms with Gasteiger partial charge in [-0.3, -0.25) is 10.1 Å². The first-order chi connectivity index (χ1) is 9.41. The summed E-state index contributed by atoms with van der Waals surface area (Å²) in [6.45, 7) is 0. The van der Waals surface area contributed by atoms with Gasteiger partial charge in [-0.1, -0.05) is 17.2 Å². The second-order valence-electron chi connectivity index (χ2n) is 3.56. The van der Waals surface area contributed by atoms with Gasteiger partial charge in [0.05, 0.1) is 12.7 Å². The number of rotatable bonds is 3. The van der Waals surface area contributed by atoms with Crippen molar-refractivity contribution in [2.24, 2.45) is 0 Å². The van der Waals surface area contributed by atoms with Crippen LogP contribution in [0.1, 0.15) is 0 Å². The van der Waals surface area contributed by atoms with Crippen molar-refractivity contribution in [2.45, 2.75) is 6.18 Å². The zero-order chi connectivity index (χ0) is 14.8. The average molecular weight is 287 g/mol. The summed E-state index contributed by atoms with van der Waals surface area (Å²) >= 11 is 0. The van der Waals surface area contributed by atoms with Gasteiger partial charge in [-0.25, -0.2) is 0 Å². The molecule has 106 valence electrons. The molecule has 0 saturated carbocycles. The SMILES string of the molecule is COc1ccccc1-c1nnc(NC(=O)C(F)(F)F)o1. The highest BCUT2D eigenvalue weighted by Gasteiger charge is 2.39. The molecular weight excluding hydrogens is 279 g/mol. The minimum Gasteiger partial charge on any atom is -0.496 e. The van der Waals surface area contributed by atoms with Crippen LogP contribution in [0.4, 0.5) is 19.2 Å². The fraction of sp³-hybridized carbons (Fsp3) is 0.182. The van der Waals surface area contributed by atoms with Gasteiger partial charge in [0.15, 0.2) is 0 Å². The molecule has 6 nitrogen and oxygen atoms in total. The monoisotopic (exact) mass is 287 g/mol. The van der Waals surface area contributed by atoms with E-state index in [2.05, 4.69) is 10.2 Å². The number of halogens is 3. The van der Waals surface area contributed by atoms with Crippen molar-refractivity contribution in [3.05, 3.63) is 24.3 Å². The number of methoxy groups -OCH3 is 1. The lowest BCUT2D eigenvalue weighted by atomic mass is 10.2. The molecule has 0 radical (unpaired) electrons. The van der Waals surface area contributed by atoms with Crippen molar-refractivity contribution in [1.82, 2.24) is 10.2 Å². The first-order valence-corrected chi connectivity index (χ1v) is 5.27. The van der Waals surface area contributed by atoms with Crippen LogP contribution in [0.5, 0.6) is 5.75 Å². The van der Waals surface area contributed by atoms with E-state index in [1.165, 1.54) is 12.4 Å². The fourth-order valence-corrected chi connectivity index (χ4v) is 1.37. The van der Waals surface area contributed by atoms with Gasteiger partial charge in [0.2, 0.25) is 0 Å². The lowest BCUT2D eigenvalue weighted by Gasteiger charge is -2.04. The molecule has 0 aliphatic heterocycles. The van der Waals surface area contributed by atoms with Crippen LogP contribution in [0.2, 0.25) is 0 Å². The number of anilines is 1. The minimum atomic E-state index is -5.03. The maximum atomic E-state index is 12.1. The normalized spacial score (nSPS) is 11.2. The van der Waals surface area contributed by atoms with Gasteiger partial charge < -0.3 is 9.15 Å². The quantitative estimate of drug-likeness (QED) is 0.936. The summed E-state index contributed by atoms with van der Waals surface area (Å²) in [4.78, 5) is 10.7. The van der Waals surface area contributed by atoms with E-state index in [0.29, 0.717) is 11.3 Å². The Balaban J connectivity index is 2.23. The molecule has 2 aromatic rings. The van der Waals surface area contributed by atoms with Gasteiger partial charge in [-0.05, 0) is 12.1 Å². The number of nitrogens with one attached hydrogen (secondary N) is 1. The number of amides is 1. The summed E-state index contributed by atoms with van der Waals surface area (Å²) in [5.74, 6) is -1.85. The Morgan fingerprint density at radius 1 is 1.30 bits per heavy atom. The molecule has 2 rings (SSSR count). The van der Waals surface area contributed by atoms with Gasteiger partial charge >= 0.3 is 18.1 Å². The van der Waals surface area contributed by atoms with E-state index in [4.69, 9.17) is 9.15 Å². The van der Waals surface area contributed by atoms with Crippen LogP contribution in [0.25, 0.3) is 11.5 Å². The summed E-state index contributed by atoms with van der Waals surface area (Å²) in [5, 5.41) is 8.33. The summed E-state index contributed by atoms with van der Waals surface area (Å²) in [5.41, 5.74) is 0.398. The highest BCUT2D eigenvalue weighted by atomic mass is 19.4. The second-order valence-corrected chi connectivity index (χ2v) is 3.56. The molecular formula is C11H8F3N3O3. The summed E-state index contributed by atoms with van der Waals surface area (Å²) in [7, 11) is 1.42. The number of nitrogens with zero attached hydrogens (tertiary/aromatic N) is 2. The van der Waals surface area contributed by atoms with E-state index in [0.717, 1.165) is 0 Å². The molecule has 0 bridgehead atoms. The number of benzene rings is 1. The molecule has 0 spiro atoms. The molecule has 9 heteroatoms. The van der Waals surface area contributed by atoms with E-state index in [9.17, 15) is 18.0 Å². The van der Waals surface area contributed by atoms with E-state index in [1.807, 2.05) is 0 Å². The fourth-order valence-electron chi connectivity index (χ4n) is 1.37. The van der Waals surface area contributed by atoms with E-state index >= 15 is 0 Å². The highest BCUT2D eigenvalue weighted by Crippen LogP contribution is 2.29. The van der Waals surface area contributed by atoms with Gasteiger partial charge in [0, 0.05) is 0 Å². The lowest BCUT2D eigenvalue weighted by Crippen LogP contribution is -2.30. The third-order valence-electron chi connectivity index (χ3n) is 2.24. The highest BCUT2D eigenvalue weighted by molar-refractivity contribution is 5.93. The third-order valence-corrected chi connectivity index (χ3v) is 2.24. The van der Waals surface area contributed by atoms with Crippen molar-refractivity contribution in [3.63, 3.8) is 0 Å². The average Bonchev–Trinajstić information content (AvgIpc) is 2.86. The smallest absolute Gasteiger partial charge is 0.471 e. The number of para-hydroxylation sites is 1. The Kier molecular flexibility index (Phi) is 3.59. The summed E-state index contributed by atoms with van der Waals surface area (Å²) < 4.78 is 46.2. The van der Waals surface area contributed by atoms with Crippen LogP contribution < -0.4 is 10.1 Å². The van der Waals surface area contributed by atoms with Gasteiger partial charge in [-0.15, -0.1) is 5.10 Å². The predicted molar refractivity (Wildman–Crippen MR) is 61.0 cm³/mol. The van der Waals surface area contributed by atoms with Crippen molar-refractivity contribution < 1.29 is 27.1 Å². The molecule has 1 N–H and O–H groups in total. The van der Waals surface area contributed by atoms with E-state index in [-0.39, 0.29) is 5.89 Å². The zero-order valence-corrected chi connectivity index (χ0v) is 10.1. The first kappa shape index (κ1) is 13.8. The number of carbonyl (C=O) groups excluding carboxylic acids is 1. The second kappa shape index (κ2) is 5.19. The molecule has 1 heterocycles. The van der Waals surface area contributed by atoms with Crippen molar-refractivity contribution in [2.75, 3.05) is 12.4 Å². The Morgan fingerprint density at radius 3 is 2.65 bits per heavy atom. The third kappa shape index (κ3) is 2.87. The van der Waals surface area contributed by atoms with Gasteiger partial charge in [0.25, 0.3) is 5.89 Å². The summed E-state index contributed by atoms with van der Waals surface area (Å²) in [6, 6.07) is 5.92. The molecule has 0 fully saturated rings. The molecule has 0 atom stereocenters. The van der Waals surface area contributed by atoms with Crippen LogP contribution in [0.15, 0.2) is 28.7 Å². The topological polar surface area (TPSA) is 77.3 Å². The Labute approximate surface area is 110 Å². The Bertz CT molecular complexity index is 625. The van der Waals surface area contributed by atoms with Crippen LogP contribution in [0.3, 0.4) is 0 Å². The van der Waals surface area contributed by atoms with E-state index in [1.54, 1.807) is 24.3 Å². The van der Waals surface area contributed by atoms with Crippen LogP contribution in [-0.4, -0.2) is 29.4 Å². The van der Waals surface area contributed by atoms with E-state index < -0.39 is 18.1 Å². The standard InChI is InChI=1S/C11H8F3N3O3/c1-19-7-5-3-2-4-6(7)8-16-17-10(20-8)15-9(18)11(12,13)14/h2-5H,1H3,(H,15,17,18). The molecule has 0 unspecified atom stereocenters. The minimum absolute atomic E-state index is 0.0695. The molecule has 1 aromatic heterocycles. The van der Waals surface area contributed by atoms with Gasteiger partial charge in [0.1, 0.15) is 5.75 Å². The zero-order valence-electron chi connectivity index (χ0n) is 10.1. The number of ether oxygens (including phenoxy) is 1. The Hall–Kier alpha value is -2.58. The maximum Gasteiger partial charge on any atom is 0.471 e. The summed E-state index contributed by atoms with van der Waals surface area (Å²) in [6.07, 6.45) is -5.03. The van der Waals surface area contributed by atoms with Gasteiger partial charge in [-0.2, -0.15) is 13.2 Å². The van der Waals surface area contributed by atoms with Crippen LogP contribution in [0, 0.1) is 0 Å². The molecule has 20 heavy (non-hydrogen) atoms. The Morgan fingerprint density at radius 2 is 2.00 bits per heavy atom. The number of alkyl halides is 3. The maximum absolute atomic E-state index is 12.1. The first-order valence-electron chi connectivity index (χ1n) is 5.27. The number of hydrogen-bond donors (Lipinski definition) is 1. The number of aromatic nitrogens is 2. The molecule has 1 aromatic carbocycles. The molecule has 0 saturated heterocycles. The van der Waals surface area contributed by atoms with Crippen LogP contribution in [-0.2, 0) is 4.79 Å². The molecule has 1 amide bonds. The lowest BCUT2D eigenvalue weighted by molar-refractivity contribution is -0.167. The van der Waals surface area contributed by atoms with Crippen molar-refractivity contribution >= 4 is 11.9 Å². The molecule has 0 aliphatic rings. The van der Waals surface area contributed by atoms with Crippen molar-refractivity contribution in [1.29, 1.82) is 0 Å². The van der Waals surface area contributed by atoms with Crippen LogP contribution >= 0.6 is 0 Å². The predicted octanol–water partition coefficient (Wildman–Crippen LogP) is 2.25. The number of carbonyl (C=O) groups is 1. The van der Waals surface area contributed by atoms with Crippen molar-refractivity contribution in [3.8, 4) is 17.2 Å². The largest absolute Gasteiger partial charge is 0.496 e. The molecule has 0 aliphatic carbocycles. The number of hydrogen-bond acceptors (Lipinski definition) is 5.